The highest BCUT2D eigenvalue weighted by Gasteiger charge is 2.44. The van der Waals surface area contributed by atoms with Crippen molar-refractivity contribution in [1.29, 1.82) is 0 Å². The molecule has 0 aromatic rings. The van der Waals surface area contributed by atoms with E-state index in [1.807, 2.05) is 6.92 Å². The number of rotatable bonds is 5. The highest BCUT2D eigenvalue weighted by Crippen LogP contribution is 2.19. The molecule has 0 bridgehead atoms. The minimum absolute atomic E-state index is 0.206. The predicted octanol–water partition coefficient (Wildman–Crippen LogP) is 0.726. The molecular formula is C10H15NO3. The first-order valence-electron chi connectivity index (χ1n) is 4.80. The Hall–Kier alpha value is -1.32. The van der Waals surface area contributed by atoms with Gasteiger partial charge in [-0.3, -0.25) is 4.79 Å². The topological polar surface area (TPSA) is 46.4 Å². The summed E-state index contributed by atoms with van der Waals surface area (Å²) in [5.74, 6) is -0.504. The molecule has 1 fully saturated rings. The molecule has 4 nitrogen and oxygen atoms in total. The summed E-state index contributed by atoms with van der Waals surface area (Å²) in [6.45, 7) is 6.29. The van der Waals surface area contributed by atoms with E-state index >= 15 is 0 Å². The molecule has 78 valence electrons. The second kappa shape index (κ2) is 4.79. The second-order valence-corrected chi connectivity index (χ2v) is 3.23. The van der Waals surface area contributed by atoms with Crippen LogP contribution in [0.25, 0.3) is 0 Å². The van der Waals surface area contributed by atoms with Gasteiger partial charge in [0.1, 0.15) is 6.04 Å². The van der Waals surface area contributed by atoms with Gasteiger partial charge in [0.2, 0.25) is 5.91 Å². The lowest BCUT2D eigenvalue weighted by Gasteiger charge is -2.02. The Morgan fingerprint density at radius 3 is 2.93 bits per heavy atom. The van der Waals surface area contributed by atoms with Gasteiger partial charge in [0.15, 0.2) is 0 Å². The van der Waals surface area contributed by atoms with E-state index in [0.717, 1.165) is 12.8 Å². The van der Waals surface area contributed by atoms with Crippen molar-refractivity contribution in [2.24, 2.45) is 0 Å². The van der Waals surface area contributed by atoms with Crippen molar-refractivity contribution in [3.63, 3.8) is 0 Å². The van der Waals surface area contributed by atoms with Gasteiger partial charge in [-0.1, -0.05) is 19.9 Å². The van der Waals surface area contributed by atoms with Gasteiger partial charge < -0.3 is 9.64 Å². The molecule has 4 heteroatoms. The van der Waals surface area contributed by atoms with E-state index in [0.29, 0.717) is 13.2 Å². The van der Waals surface area contributed by atoms with Crippen LogP contribution in [0.2, 0.25) is 0 Å². The molecule has 0 spiro atoms. The molecule has 1 amide bonds. The summed E-state index contributed by atoms with van der Waals surface area (Å²) in [5.41, 5.74) is 0. The molecule has 1 aliphatic rings. The molecule has 1 saturated heterocycles. The van der Waals surface area contributed by atoms with Crippen LogP contribution in [0.3, 0.4) is 0 Å². The van der Waals surface area contributed by atoms with Gasteiger partial charge in [-0.05, 0) is 12.5 Å². The largest absolute Gasteiger partial charge is 0.464 e. The van der Waals surface area contributed by atoms with Crippen LogP contribution in [-0.4, -0.2) is 36.0 Å². The smallest absolute Gasteiger partial charge is 0.330 e. The first kappa shape index (κ1) is 10.8. The number of hydrogen-bond donors (Lipinski definition) is 0. The van der Waals surface area contributed by atoms with E-state index in [-0.39, 0.29) is 17.9 Å². The van der Waals surface area contributed by atoms with Crippen LogP contribution < -0.4 is 0 Å². The number of esters is 1. The Bertz CT molecular complexity index is 250. The molecule has 1 aliphatic heterocycles. The van der Waals surface area contributed by atoms with Crippen LogP contribution in [0.15, 0.2) is 12.7 Å². The first-order valence-corrected chi connectivity index (χ1v) is 4.80. The van der Waals surface area contributed by atoms with Crippen LogP contribution in [0.5, 0.6) is 0 Å². The summed E-state index contributed by atoms with van der Waals surface area (Å²) >= 11 is 0. The zero-order valence-corrected chi connectivity index (χ0v) is 8.36. The van der Waals surface area contributed by atoms with Gasteiger partial charge in [-0.2, -0.15) is 0 Å². The Kier molecular flexibility index (Phi) is 3.68. The third kappa shape index (κ3) is 2.58. The number of ether oxygens (including phenoxy) is 1. The molecule has 1 rings (SSSR count). The normalized spacial score (nSPS) is 18.9. The minimum atomic E-state index is -0.364. The highest BCUT2D eigenvalue weighted by molar-refractivity contribution is 5.95. The standard InChI is InChI=1S/C10H15NO3/c1-3-5-6-14-10(13)8-7-11(8)9(12)4-2/h4,8H,2-3,5-7H2,1H3. The fraction of sp³-hybridized carbons (Fsp3) is 0.600. The summed E-state index contributed by atoms with van der Waals surface area (Å²) in [7, 11) is 0. The molecule has 14 heavy (non-hydrogen) atoms. The van der Waals surface area contributed by atoms with E-state index in [4.69, 9.17) is 4.74 Å². The molecule has 1 unspecified atom stereocenters. The molecule has 0 aromatic carbocycles. The Morgan fingerprint density at radius 2 is 2.36 bits per heavy atom. The lowest BCUT2D eigenvalue weighted by molar-refractivity contribution is -0.145. The molecule has 1 atom stereocenters. The van der Waals surface area contributed by atoms with Gasteiger partial charge in [-0.25, -0.2) is 4.79 Å². The third-order valence-corrected chi connectivity index (χ3v) is 2.08. The minimum Gasteiger partial charge on any atom is -0.464 e. The Morgan fingerprint density at radius 1 is 1.64 bits per heavy atom. The van der Waals surface area contributed by atoms with E-state index in [1.165, 1.54) is 11.0 Å². The molecule has 0 N–H and O–H groups in total. The van der Waals surface area contributed by atoms with Crippen molar-refractivity contribution in [1.82, 2.24) is 4.90 Å². The maximum absolute atomic E-state index is 11.3. The van der Waals surface area contributed by atoms with Crippen molar-refractivity contribution < 1.29 is 14.3 Å². The summed E-state index contributed by atoms with van der Waals surface area (Å²) in [6, 6.07) is -0.364. The number of carbonyl (C=O) groups excluding carboxylic acids is 2. The van der Waals surface area contributed by atoms with Crippen molar-refractivity contribution >= 4 is 11.9 Å². The van der Waals surface area contributed by atoms with Gasteiger partial charge >= 0.3 is 5.97 Å². The Labute approximate surface area is 83.5 Å². The van der Waals surface area contributed by atoms with Crippen LogP contribution in [0.1, 0.15) is 19.8 Å². The number of amides is 1. The van der Waals surface area contributed by atoms with E-state index in [2.05, 4.69) is 6.58 Å². The molecule has 0 aromatic heterocycles. The Balaban J connectivity index is 2.22. The number of carbonyl (C=O) groups is 2. The van der Waals surface area contributed by atoms with Crippen LogP contribution in [0, 0.1) is 0 Å². The molecular weight excluding hydrogens is 182 g/mol. The maximum atomic E-state index is 11.3. The van der Waals surface area contributed by atoms with Crippen molar-refractivity contribution in [3.8, 4) is 0 Å². The monoisotopic (exact) mass is 197 g/mol. The average molecular weight is 197 g/mol. The quantitative estimate of drug-likeness (QED) is 0.282. The number of hydrogen-bond acceptors (Lipinski definition) is 3. The van der Waals surface area contributed by atoms with Crippen molar-refractivity contribution in [3.05, 3.63) is 12.7 Å². The SMILES string of the molecule is C=CC(=O)N1CC1C(=O)OCCCC. The average Bonchev–Trinajstić information content (AvgIpc) is 2.96. The predicted molar refractivity (Wildman–Crippen MR) is 51.6 cm³/mol. The van der Waals surface area contributed by atoms with Crippen molar-refractivity contribution in [2.75, 3.05) is 13.2 Å². The van der Waals surface area contributed by atoms with Crippen molar-refractivity contribution in [2.45, 2.75) is 25.8 Å². The molecule has 0 radical (unpaired) electrons. The van der Waals surface area contributed by atoms with Crippen LogP contribution in [0.4, 0.5) is 0 Å². The number of nitrogens with zero attached hydrogens (tertiary/aromatic N) is 1. The fourth-order valence-corrected chi connectivity index (χ4v) is 1.12. The lowest BCUT2D eigenvalue weighted by Crippen LogP contribution is -2.19. The lowest BCUT2D eigenvalue weighted by atomic mass is 10.4. The van der Waals surface area contributed by atoms with Gasteiger partial charge in [-0.15, -0.1) is 0 Å². The molecule has 0 aliphatic carbocycles. The third-order valence-electron chi connectivity index (χ3n) is 2.08. The first-order chi connectivity index (χ1) is 6.70. The zero-order chi connectivity index (χ0) is 10.6. The molecule has 1 heterocycles. The summed E-state index contributed by atoms with van der Waals surface area (Å²) in [6.07, 6.45) is 3.07. The van der Waals surface area contributed by atoms with Gasteiger partial charge in [0, 0.05) is 0 Å². The maximum Gasteiger partial charge on any atom is 0.330 e. The van der Waals surface area contributed by atoms with Gasteiger partial charge in [0.05, 0.1) is 13.2 Å². The molecule has 0 saturated carbocycles. The van der Waals surface area contributed by atoms with E-state index in [1.54, 1.807) is 0 Å². The van der Waals surface area contributed by atoms with Gasteiger partial charge in [0.25, 0.3) is 0 Å². The highest BCUT2D eigenvalue weighted by atomic mass is 16.5. The van der Waals surface area contributed by atoms with E-state index in [9.17, 15) is 9.59 Å². The summed E-state index contributed by atoms with van der Waals surface area (Å²) in [5, 5.41) is 0. The van der Waals surface area contributed by atoms with Crippen LogP contribution in [-0.2, 0) is 14.3 Å². The second-order valence-electron chi connectivity index (χ2n) is 3.23. The van der Waals surface area contributed by atoms with E-state index < -0.39 is 0 Å². The zero-order valence-electron chi connectivity index (χ0n) is 8.36. The number of unbranched alkanes of at least 4 members (excludes halogenated alkanes) is 1. The fourth-order valence-electron chi connectivity index (χ4n) is 1.12. The summed E-state index contributed by atoms with van der Waals surface area (Å²) in [4.78, 5) is 23.7. The summed E-state index contributed by atoms with van der Waals surface area (Å²) < 4.78 is 4.96. The van der Waals surface area contributed by atoms with Crippen LogP contribution >= 0.6 is 0 Å².